The maximum atomic E-state index is 5.25. The predicted molar refractivity (Wildman–Crippen MR) is 75.8 cm³/mol. The summed E-state index contributed by atoms with van der Waals surface area (Å²) in [6, 6.07) is 0.736. The van der Waals surface area contributed by atoms with Gasteiger partial charge in [0.15, 0.2) is 0 Å². The first-order valence-corrected chi connectivity index (χ1v) is 7.64. The molecular formula is C15H30N2O. The van der Waals surface area contributed by atoms with Crippen LogP contribution in [0.5, 0.6) is 0 Å². The van der Waals surface area contributed by atoms with Crippen LogP contribution in [-0.4, -0.2) is 50.8 Å². The van der Waals surface area contributed by atoms with Crippen LogP contribution in [0.3, 0.4) is 0 Å². The summed E-state index contributed by atoms with van der Waals surface area (Å²) in [6.07, 6.45) is 5.40. The second-order valence-electron chi connectivity index (χ2n) is 6.41. The van der Waals surface area contributed by atoms with Gasteiger partial charge in [0, 0.05) is 32.8 Å². The molecule has 1 saturated heterocycles. The number of nitrogens with one attached hydrogen (secondary N) is 1. The van der Waals surface area contributed by atoms with E-state index in [-0.39, 0.29) is 0 Å². The van der Waals surface area contributed by atoms with Crippen molar-refractivity contribution in [1.82, 2.24) is 10.2 Å². The van der Waals surface area contributed by atoms with Gasteiger partial charge in [-0.25, -0.2) is 0 Å². The molecule has 1 aliphatic carbocycles. The van der Waals surface area contributed by atoms with Crippen LogP contribution < -0.4 is 5.32 Å². The molecule has 2 fully saturated rings. The minimum absolute atomic E-state index is 0.612. The molecule has 2 atom stereocenters. The van der Waals surface area contributed by atoms with E-state index in [0.29, 0.717) is 5.41 Å². The van der Waals surface area contributed by atoms with E-state index in [1.54, 1.807) is 0 Å². The summed E-state index contributed by atoms with van der Waals surface area (Å²) in [7, 11) is 1.82. The maximum absolute atomic E-state index is 5.25. The van der Waals surface area contributed by atoms with Crippen LogP contribution in [0.1, 0.15) is 39.5 Å². The van der Waals surface area contributed by atoms with Gasteiger partial charge in [-0.2, -0.15) is 0 Å². The van der Waals surface area contributed by atoms with E-state index < -0.39 is 0 Å². The molecule has 2 unspecified atom stereocenters. The van der Waals surface area contributed by atoms with Crippen molar-refractivity contribution in [2.24, 2.45) is 11.3 Å². The van der Waals surface area contributed by atoms with Gasteiger partial charge in [0.05, 0.1) is 0 Å². The first-order valence-electron chi connectivity index (χ1n) is 7.64. The van der Waals surface area contributed by atoms with Gasteiger partial charge >= 0.3 is 0 Å². The predicted octanol–water partition coefficient (Wildman–Crippen LogP) is 2.12. The molecule has 1 saturated carbocycles. The number of hydrogen-bond acceptors (Lipinski definition) is 3. The number of rotatable bonds is 7. The third-order valence-corrected chi connectivity index (χ3v) is 4.81. The first kappa shape index (κ1) is 14.3. The van der Waals surface area contributed by atoms with Crippen molar-refractivity contribution >= 4 is 0 Å². The number of piperidine rings is 1. The molecule has 2 rings (SSSR count). The SMILES string of the molecule is CCNC1CCN(CC2(CCOC)CC2)CC1C. The third kappa shape index (κ3) is 3.69. The average molecular weight is 254 g/mol. The van der Waals surface area contributed by atoms with Crippen LogP contribution in [0.15, 0.2) is 0 Å². The Balaban J connectivity index is 1.75. The molecule has 3 nitrogen and oxygen atoms in total. The van der Waals surface area contributed by atoms with Gasteiger partial charge in [-0.05, 0) is 50.1 Å². The number of methoxy groups -OCH3 is 1. The average Bonchev–Trinajstić information content (AvgIpc) is 3.11. The van der Waals surface area contributed by atoms with Crippen molar-refractivity contribution in [3.05, 3.63) is 0 Å². The second kappa shape index (κ2) is 6.36. The minimum Gasteiger partial charge on any atom is -0.385 e. The third-order valence-electron chi connectivity index (χ3n) is 4.81. The zero-order chi connectivity index (χ0) is 13.0. The smallest absolute Gasteiger partial charge is 0.0468 e. The van der Waals surface area contributed by atoms with Gasteiger partial charge < -0.3 is 15.0 Å². The second-order valence-corrected chi connectivity index (χ2v) is 6.41. The van der Waals surface area contributed by atoms with Gasteiger partial charge in [-0.3, -0.25) is 0 Å². The maximum Gasteiger partial charge on any atom is 0.0468 e. The number of likely N-dealkylation sites (tertiary alicyclic amines) is 1. The lowest BCUT2D eigenvalue weighted by atomic mass is 9.92. The van der Waals surface area contributed by atoms with E-state index in [0.717, 1.165) is 25.1 Å². The molecule has 0 aromatic carbocycles. The van der Waals surface area contributed by atoms with E-state index in [1.807, 2.05) is 7.11 Å². The van der Waals surface area contributed by atoms with Crippen molar-refractivity contribution in [3.8, 4) is 0 Å². The lowest BCUT2D eigenvalue weighted by molar-refractivity contribution is 0.105. The Hall–Kier alpha value is -0.120. The fourth-order valence-electron chi connectivity index (χ4n) is 3.40. The van der Waals surface area contributed by atoms with Crippen molar-refractivity contribution in [3.63, 3.8) is 0 Å². The molecule has 1 aliphatic heterocycles. The summed E-state index contributed by atoms with van der Waals surface area (Å²) < 4.78 is 5.25. The Bertz CT molecular complexity index is 253. The lowest BCUT2D eigenvalue weighted by Crippen LogP contribution is -2.49. The highest BCUT2D eigenvalue weighted by Gasteiger charge is 2.44. The summed E-state index contributed by atoms with van der Waals surface area (Å²) in [5.41, 5.74) is 0.612. The molecule has 0 aromatic heterocycles. The first-order chi connectivity index (χ1) is 8.69. The Morgan fingerprint density at radius 3 is 2.72 bits per heavy atom. The van der Waals surface area contributed by atoms with Gasteiger partial charge in [0.2, 0.25) is 0 Å². The molecule has 0 aromatic rings. The monoisotopic (exact) mass is 254 g/mol. The Morgan fingerprint density at radius 1 is 1.39 bits per heavy atom. The molecule has 1 heterocycles. The van der Waals surface area contributed by atoms with E-state index >= 15 is 0 Å². The quantitative estimate of drug-likeness (QED) is 0.753. The molecule has 0 amide bonds. The van der Waals surface area contributed by atoms with E-state index in [9.17, 15) is 0 Å². The summed E-state index contributed by atoms with van der Waals surface area (Å²) in [5, 5.41) is 3.62. The van der Waals surface area contributed by atoms with E-state index in [2.05, 4.69) is 24.1 Å². The highest BCUT2D eigenvalue weighted by molar-refractivity contribution is 4.97. The summed E-state index contributed by atoms with van der Waals surface area (Å²) in [6.45, 7) is 10.5. The van der Waals surface area contributed by atoms with Crippen LogP contribution >= 0.6 is 0 Å². The van der Waals surface area contributed by atoms with Gasteiger partial charge in [0.25, 0.3) is 0 Å². The van der Waals surface area contributed by atoms with Crippen LogP contribution in [0.25, 0.3) is 0 Å². The molecule has 0 radical (unpaired) electrons. The van der Waals surface area contributed by atoms with Crippen LogP contribution in [0.4, 0.5) is 0 Å². The Kier molecular flexibility index (Phi) is 5.05. The van der Waals surface area contributed by atoms with Crippen LogP contribution in [-0.2, 0) is 4.74 Å². The molecule has 0 spiro atoms. The Labute approximate surface area is 112 Å². The highest BCUT2D eigenvalue weighted by Crippen LogP contribution is 2.49. The van der Waals surface area contributed by atoms with Crippen molar-refractivity contribution in [1.29, 1.82) is 0 Å². The number of nitrogens with zero attached hydrogens (tertiary/aromatic N) is 1. The molecule has 0 bridgehead atoms. The summed E-state index contributed by atoms with van der Waals surface area (Å²) in [4.78, 5) is 2.70. The number of ether oxygens (including phenoxy) is 1. The topological polar surface area (TPSA) is 24.5 Å². The zero-order valence-corrected chi connectivity index (χ0v) is 12.4. The molecule has 1 N–H and O–H groups in total. The van der Waals surface area contributed by atoms with Crippen LogP contribution in [0.2, 0.25) is 0 Å². The van der Waals surface area contributed by atoms with E-state index in [1.165, 1.54) is 45.3 Å². The van der Waals surface area contributed by atoms with Crippen molar-refractivity contribution in [2.45, 2.75) is 45.6 Å². The molecule has 18 heavy (non-hydrogen) atoms. The lowest BCUT2D eigenvalue weighted by Gasteiger charge is -2.39. The van der Waals surface area contributed by atoms with Gasteiger partial charge in [-0.1, -0.05) is 13.8 Å². The fourth-order valence-corrected chi connectivity index (χ4v) is 3.40. The zero-order valence-electron chi connectivity index (χ0n) is 12.4. The van der Waals surface area contributed by atoms with E-state index in [4.69, 9.17) is 4.74 Å². The molecular weight excluding hydrogens is 224 g/mol. The minimum atomic E-state index is 0.612. The highest BCUT2D eigenvalue weighted by atomic mass is 16.5. The summed E-state index contributed by atoms with van der Waals surface area (Å²) in [5.74, 6) is 0.789. The number of hydrogen-bond donors (Lipinski definition) is 1. The normalized spacial score (nSPS) is 31.5. The van der Waals surface area contributed by atoms with Crippen LogP contribution in [0, 0.1) is 11.3 Å². The largest absolute Gasteiger partial charge is 0.385 e. The summed E-state index contributed by atoms with van der Waals surface area (Å²) >= 11 is 0. The molecule has 106 valence electrons. The Morgan fingerprint density at radius 2 is 2.17 bits per heavy atom. The standard InChI is InChI=1S/C15H30N2O/c1-4-16-14-5-9-17(11-13(14)2)12-15(6-7-15)8-10-18-3/h13-14,16H,4-12H2,1-3H3. The van der Waals surface area contributed by atoms with Gasteiger partial charge in [0.1, 0.15) is 0 Å². The molecule has 2 aliphatic rings. The fraction of sp³-hybridized carbons (Fsp3) is 1.00. The molecule has 3 heteroatoms. The van der Waals surface area contributed by atoms with Crippen molar-refractivity contribution < 1.29 is 4.74 Å². The van der Waals surface area contributed by atoms with Crippen molar-refractivity contribution in [2.75, 3.05) is 39.9 Å². The van der Waals surface area contributed by atoms with Gasteiger partial charge in [-0.15, -0.1) is 0 Å².